The van der Waals surface area contributed by atoms with Crippen molar-refractivity contribution >= 4 is 56.9 Å². The molecule has 1 amide bonds. The molecule has 0 aliphatic carbocycles. The van der Waals surface area contributed by atoms with Crippen molar-refractivity contribution in [1.29, 1.82) is 0 Å². The molecule has 30 heavy (non-hydrogen) atoms. The fourth-order valence-corrected chi connectivity index (χ4v) is 4.19. The van der Waals surface area contributed by atoms with Gasteiger partial charge >= 0.3 is 5.97 Å². The zero-order chi connectivity index (χ0) is 21.5. The molecule has 0 fully saturated rings. The second kappa shape index (κ2) is 10.00. The molecule has 0 radical (unpaired) electrons. The lowest BCUT2D eigenvalue weighted by atomic mass is 10.1. The van der Waals surface area contributed by atoms with Gasteiger partial charge in [-0.05, 0) is 42.0 Å². The van der Waals surface area contributed by atoms with Crippen LogP contribution in [0.25, 0.3) is 0 Å². The van der Waals surface area contributed by atoms with E-state index in [0.29, 0.717) is 33.5 Å². The summed E-state index contributed by atoms with van der Waals surface area (Å²) in [6, 6.07) is 19.0. The summed E-state index contributed by atoms with van der Waals surface area (Å²) in [7, 11) is 1.35. The maximum atomic E-state index is 12.2. The van der Waals surface area contributed by atoms with Gasteiger partial charge in [-0.1, -0.05) is 36.4 Å². The van der Waals surface area contributed by atoms with Gasteiger partial charge in [-0.3, -0.25) is 4.79 Å². The summed E-state index contributed by atoms with van der Waals surface area (Å²) in [5.74, 6) is -0.580. The summed E-state index contributed by atoms with van der Waals surface area (Å²) in [4.78, 5) is 24.5. The largest absolute Gasteiger partial charge is 0.465 e. The molecule has 1 heterocycles. The van der Waals surface area contributed by atoms with E-state index in [1.54, 1.807) is 18.2 Å². The van der Waals surface area contributed by atoms with Gasteiger partial charge in [0, 0.05) is 29.6 Å². The van der Waals surface area contributed by atoms with Crippen LogP contribution >= 0.6 is 23.6 Å². The number of thiophene rings is 1. The van der Waals surface area contributed by atoms with Crippen molar-refractivity contribution in [2.75, 3.05) is 23.1 Å². The van der Waals surface area contributed by atoms with Crippen LogP contribution in [0.5, 0.6) is 0 Å². The van der Waals surface area contributed by atoms with E-state index in [0.717, 1.165) is 10.4 Å². The Balaban J connectivity index is 1.75. The Morgan fingerprint density at radius 3 is 2.33 bits per heavy atom. The summed E-state index contributed by atoms with van der Waals surface area (Å²) in [5, 5.41) is 9.83. The van der Waals surface area contributed by atoms with Crippen LogP contribution in [0.3, 0.4) is 0 Å². The van der Waals surface area contributed by atoms with Crippen LogP contribution in [0.2, 0.25) is 0 Å². The molecule has 3 aromatic rings. The predicted molar refractivity (Wildman–Crippen MR) is 125 cm³/mol. The van der Waals surface area contributed by atoms with E-state index in [-0.39, 0.29) is 5.91 Å². The van der Waals surface area contributed by atoms with Crippen LogP contribution in [0.1, 0.15) is 27.7 Å². The molecule has 0 spiro atoms. The summed E-state index contributed by atoms with van der Waals surface area (Å²) in [5.41, 5.74) is 2.95. The number of amides is 1. The van der Waals surface area contributed by atoms with Gasteiger partial charge in [0.2, 0.25) is 5.91 Å². The number of methoxy groups -OCH3 is 1. The number of benzene rings is 2. The number of rotatable bonds is 6. The third-order valence-electron chi connectivity index (χ3n) is 4.08. The Morgan fingerprint density at radius 1 is 0.967 bits per heavy atom. The second-order valence-electron chi connectivity index (χ2n) is 6.45. The van der Waals surface area contributed by atoms with Crippen LogP contribution in [0, 0.1) is 0 Å². The number of ether oxygens (including phenoxy) is 1. The van der Waals surface area contributed by atoms with E-state index in [1.807, 2.05) is 42.5 Å². The minimum absolute atomic E-state index is 0.153. The lowest BCUT2D eigenvalue weighted by Gasteiger charge is -2.11. The highest BCUT2D eigenvalue weighted by Gasteiger charge is 2.18. The minimum atomic E-state index is -0.427. The van der Waals surface area contributed by atoms with Gasteiger partial charge in [-0.2, -0.15) is 0 Å². The van der Waals surface area contributed by atoms with Gasteiger partial charge in [0.1, 0.15) is 5.00 Å². The van der Waals surface area contributed by atoms with Crippen molar-refractivity contribution in [2.45, 2.75) is 13.3 Å². The SMILES string of the molecule is COC(=O)c1cc(Cc2ccccc2)sc1NC(=S)Nc1cccc(NC(C)=O)c1. The average molecular weight is 440 g/mol. The maximum absolute atomic E-state index is 12.2. The van der Waals surface area contributed by atoms with E-state index in [1.165, 1.54) is 25.4 Å². The van der Waals surface area contributed by atoms with Crippen molar-refractivity contribution in [3.05, 3.63) is 76.7 Å². The number of esters is 1. The van der Waals surface area contributed by atoms with Gasteiger partial charge in [0.25, 0.3) is 0 Å². The van der Waals surface area contributed by atoms with Crippen molar-refractivity contribution in [3.8, 4) is 0 Å². The molecule has 3 N–H and O–H groups in total. The number of carbonyl (C=O) groups excluding carboxylic acids is 2. The fourth-order valence-electron chi connectivity index (χ4n) is 2.82. The normalized spacial score (nSPS) is 10.2. The molecule has 0 saturated carbocycles. The first-order valence-electron chi connectivity index (χ1n) is 9.15. The summed E-state index contributed by atoms with van der Waals surface area (Å²) < 4.78 is 4.92. The molecule has 0 bridgehead atoms. The molecular formula is C22H21N3O3S2. The smallest absolute Gasteiger partial charge is 0.340 e. The summed E-state index contributed by atoms with van der Waals surface area (Å²) in [6.07, 6.45) is 0.704. The number of hydrogen-bond donors (Lipinski definition) is 3. The highest BCUT2D eigenvalue weighted by Crippen LogP contribution is 2.31. The van der Waals surface area contributed by atoms with Crippen LogP contribution in [-0.4, -0.2) is 24.1 Å². The maximum Gasteiger partial charge on any atom is 0.340 e. The van der Waals surface area contributed by atoms with Crippen molar-refractivity contribution < 1.29 is 14.3 Å². The minimum Gasteiger partial charge on any atom is -0.465 e. The van der Waals surface area contributed by atoms with E-state index in [9.17, 15) is 9.59 Å². The fraction of sp³-hybridized carbons (Fsp3) is 0.136. The molecule has 0 aliphatic rings. The van der Waals surface area contributed by atoms with Gasteiger partial charge in [0.15, 0.2) is 5.11 Å². The van der Waals surface area contributed by atoms with Crippen molar-refractivity contribution in [2.24, 2.45) is 0 Å². The molecule has 6 nitrogen and oxygen atoms in total. The Bertz CT molecular complexity index is 1060. The monoisotopic (exact) mass is 439 g/mol. The summed E-state index contributed by atoms with van der Waals surface area (Å²) >= 11 is 6.87. The Labute approximate surface area is 184 Å². The first kappa shape index (κ1) is 21.5. The topological polar surface area (TPSA) is 79.5 Å². The number of thiocarbonyl (C=S) groups is 1. The number of hydrogen-bond acceptors (Lipinski definition) is 5. The molecule has 8 heteroatoms. The molecule has 0 saturated heterocycles. The van der Waals surface area contributed by atoms with Crippen LogP contribution < -0.4 is 16.0 Å². The zero-order valence-electron chi connectivity index (χ0n) is 16.5. The van der Waals surface area contributed by atoms with Crippen molar-refractivity contribution in [1.82, 2.24) is 0 Å². The van der Waals surface area contributed by atoms with E-state index < -0.39 is 5.97 Å². The van der Waals surface area contributed by atoms with Crippen LogP contribution in [0.15, 0.2) is 60.7 Å². The second-order valence-corrected chi connectivity index (χ2v) is 8.00. The molecular weight excluding hydrogens is 418 g/mol. The quantitative estimate of drug-likeness (QED) is 0.375. The van der Waals surface area contributed by atoms with Gasteiger partial charge in [-0.15, -0.1) is 11.3 Å². The average Bonchev–Trinajstić information content (AvgIpc) is 3.09. The third-order valence-corrected chi connectivity index (χ3v) is 5.33. The van der Waals surface area contributed by atoms with Gasteiger partial charge in [0.05, 0.1) is 12.7 Å². The van der Waals surface area contributed by atoms with E-state index >= 15 is 0 Å². The van der Waals surface area contributed by atoms with Gasteiger partial charge in [-0.25, -0.2) is 4.79 Å². The van der Waals surface area contributed by atoms with E-state index in [2.05, 4.69) is 16.0 Å². The predicted octanol–water partition coefficient (Wildman–Crippen LogP) is 4.89. The van der Waals surface area contributed by atoms with Crippen molar-refractivity contribution in [3.63, 3.8) is 0 Å². The molecule has 154 valence electrons. The molecule has 2 aromatic carbocycles. The highest BCUT2D eigenvalue weighted by atomic mass is 32.1. The molecule has 1 aromatic heterocycles. The highest BCUT2D eigenvalue weighted by molar-refractivity contribution is 7.80. The first-order valence-corrected chi connectivity index (χ1v) is 10.4. The third kappa shape index (κ3) is 5.88. The molecule has 0 atom stereocenters. The van der Waals surface area contributed by atoms with Crippen LogP contribution in [0.4, 0.5) is 16.4 Å². The van der Waals surface area contributed by atoms with Crippen LogP contribution in [-0.2, 0) is 16.0 Å². The number of nitrogens with one attached hydrogen (secondary N) is 3. The Morgan fingerprint density at radius 2 is 1.67 bits per heavy atom. The van der Waals surface area contributed by atoms with E-state index in [4.69, 9.17) is 17.0 Å². The molecule has 3 rings (SSSR count). The zero-order valence-corrected chi connectivity index (χ0v) is 18.2. The number of anilines is 3. The van der Waals surface area contributed by atoms with Gasteiger partial charge < -0.3 is 20.7 Å². The lowest BCUT2D eigenvalue weighted by Crippen LogP contribution is -2.20. The lowest BCUT2D eigenvalue weighted by molar-refractivity contribution is -0.114. The Hall–Kier alpha value is -3.23. The summed E-state index contributed by atoms with van der Waals surface area (Å²) in [6.45, 7) is 1.45. The molecule has 0 aliphatic heterocycles. The standard InChI is InChI=1S/C22H21N3O3S2/c1-14(26)23-16-9-6-10-17(12-16)24-22(29)25-20-19(21(27)28-2)13-18(30-20)11-15-7-4-3-5-8-15/h3-10,12-13H,11H2,1-2H3,(H,23,26)(H2,24,25,29). The Kier molecular flexibility index (Phi) is 7.16. The number of carbonyl (C=O) groups is 2. The molecule has 0 unspecified atom stereocenters. The first-order chi connectivity index (χ1) is 14.4.